The van der Waals surface area contributed by atoms with Crippen LogP contribution in [-0.2, 0) is 4.74 Å². The van der Waals surface area contributed by atoms with Gasteiger partial charge in [0.15, 0.2) is 0 Å². The van der Waals surface area contributed by atoms with Crippen LogP contribution in [0.3, 0.4) is 0 Å². The molecule has 0 radical (unpaired) electrons. The van der Waals surface area contributed by atoms with Gasteiger partial charge in [-0.3, -0.25) is 0 Å². The van der Waals surface area contributed by atoms with Crippen molar-refractivity contribution >= 4 is 0 Å². The molecule has 0 aromatic carbocycles. The Kier molecular flexibility index (Phi) is 2.63. The molecule has 0 aromatic heterocycles. The molecule has 1 saturated carbocycles. The third kappa shape index (κ3) is 1.79. The summed E-state index contributed by atoms with van der Waals surface area (Å²) >= 11 is 0. The topological polar surface area (TPSA) is 33.3 Å². The third-order valence-corrected chi connectivity index (χ3v) is 2.75. The van der Waals surface area contributed by atoms with Crippen LogP contribution < -0.4 is 10.6 Å². The number of hydrogen-bond acceptors (Lipinski definition) is 3. The molecule has 3 heteroatoms. The van der Waals surface area contributed by atoms with Crippen LogP contribution in [0.1, 0.15) is 19.8 Å². The van der Waals surface area contributed by atoms with Crippen molar-refractivity contribution in [3.05, 3.63) is 0 Å². The molecule has 1 heterocycles. The van der Waals surface area contributed by atoms with Crippen molar-refractivity contribution in [1.29, 1.82) is 0 Å². The molecule has 0 amide bonds. The second-order valence-corrected chi connectivity index (χ2v) is 3.77. The van der Waals surface area contributed by atoms with E-state index < -0.39 is 0 Å². The van der Waals surface area contributed by atoms with Crippen molar-refractivity contribution in [3.63, 3.8) is 0 Å². The fourth-order valence-corrected chi connectivity index (χ4v) is 1.81. The van der Waals surface area contributed by atoms with Gasteiger partial charge in [0, 0.05) is 31.8 Å². The van der Waals surface area contributed by atoms with Crippen LogP contribution in [-0.4, -0.2) is 37.9 Å². The third-order valence-electron chi connectivity index (χ3n) is 2.75. The minimum atomic E-state index is 0.542. The molecule has 0 spiro atoms. The first-order valence-corrected chi connectivity index (χ1v) is 4.97. The van der Waals surface area contributed by atoms with Gasteiger partial charge in [-0.2, -0.15) is 0 Å². The van der Waals surface area contributed by atoms with E-state index in [1.165, 1.54) is 12.8 Å². The lowest BCUT2D eigenvalue weighted by Crippen LogP contribution is -2.61. The fourth-order valence-electron chi connectivity index (χ4n) is 1.81. The maximum atomic E-state index is 5.49. The average molecular weight is 170 g/mol. The van der Waals surface area contributed by atoms with E-state index in [1.807, 2.05) is 0 Å². The van der Waals surface area contributed by atoms with Crippen LogP contribution in [0.15, 0.2) is 0 Å². The van der Waals surface area contributed by atoms with Gasteiger partial charge in [-0.05, 0) is 19.8 Å². The van der Waals surface area contributed by atoms with E-state index in [9.17, 15) is 0 Å². The molecule has 2 rings (SSSR count). The van der Waals surface area contributed by atoms with Gasteiger partial charge in [0.25, 0.3) is 0 Å². The number of ether oxygens (including phenoxy) is 1. The lowest BCUT2D eigenvalue weighted by Gasteiger charge is -2.40. The average Bonchev–Trinajstić information content (AvgIpc) is 1.89. The molecule has 0 bridgehead atoms. The molecule has 0 unspecified atom stereocenters. The van der Waals surface area contributed by atoms with Crippen LogP contribution in [0.4, 0.5) is 0 Å². The van der Waals surface area contributed by atoms with E-state index in [-0.39, 0.29) is 0 Å². The normalized spacial score (nSPS) is 35.8. The second-order valence-electron chi connectivity index (χ2n) is 3.77. The van der Waals surface area contributed by atoms with Gasteiger partial charge >= 0.3 is 0 Å². The minimum Gasteiger partial charge on any atom is -0.378 e. The van der Waals surface area contributed by atoms with Crippen molar-refractivity contribution in [3.8, 4) is 0 Å². The Labute approximate surface area is 73.9 Å². The second kappa shape index (κ2) is 3.73. The molecule has 12 heavy (non-hydrogen) atoms. The minimum absolute atomic E-state index is 0.542. The Balaban J connectivity index is 1.55. The lowest BCUT2D eigenvalue weighted by atomic mass is 9.88. The molecule has 1 saturated heterocycles. The fraction of sp³-hybridized carbons (Fsp3) is 1.00. The highest BCUT2D eigenvalue weighted by Crippen LogP contribution is 2.23. The van der Waals surface area contributed by atoms with E-state index in [2.05, 4.69) is 17.6 Å². The standard InChI is InChI=1S/C9H18N2O/c1-2-12-9-3-7(4-9)11-8-5-10-6-8/h7-11H,2-6H2,1H3. The van der Waals surface area contributed by atoms with Crippen LogP contribution in [0, 0.1) is 0 Å². The molecule has 70 valence electrons. The van der Waals surface area contributed by atoms with E-state index in [1.54, 1.807) is 0 Å². The van der Waals surface area contributed by atoms with Crippen LogP contribution in [0.2, 0.25) is 0 Å². The first kappa shape index (κ1) is 8.48. The zero-order valence-electron chi connectivity index (χ0n) is 7.68. The Bertz CT molecular complexity index is 141. The summed E-state index contributed by atoms with van der Waals surface area (Å²) in [5, 5.41) is 6.86. The van der Waals surface area contributed by atoms with Crippen LogP contribution in [0.25, 0.3) is 0 Å². The Morgan fingerprint density at radius 2 is 2.08 bits per heavy atom. The molecular formula is C9H18N2O. The summed E-state index contributed by atoms with van der Waals surface area (Å²) in [6, 6.07) is 1.46. The quantitative estimate of drug-likeness (QED) is 0.628. The first-order valence-electron chi connectivity index (χ1n) is 4.97. The molecule has 0 aromatic rings. The highest BCUT2D eigenvalue weighted by Gasteiger charge is 2.32. The molecule has 1 aliphatic carbocycles. The van der Waals surface area contributed by atoms with Crippen molar-refractivity contribution in [2.45, 2.75) is 38.0 Å². The molecule has 2 aliphatic rings. The summed E-state index contributed by atoms with van der Waals surface area (Å²) in [4.78, 5) is 0. The summed E-state index contributed by atoms with van der Waals surface area (Å²) in [7, 11) is 0. The van der Waals surface area contributed by atoms with Gasteiger partial charge in [-0.15, -0.1) is 0 Å². The van der Waals surface area contributed by atoms with Gasteiger partial charge in [0.1, 0.15) is 0 Å². The predicted octanol–water partition coefficient (Wildman–Crippen LogP) is 0.115. The maximum absolute atomic E-state index is 5.49. The van der Waals surface area contributed by atoms with E-state index in [0.29, 0.717) is 6.10 Å². The monoisotopic (exact) mass is 170 g/mol. The number of nitrogens with one attached hydrogen (secondary N) is 2. The van der Waals surface area contributed by atoms with Gasteiger partial charge < -0.3 is 15.4 Å². The summed E-state index contributed by atoms with van der Waals surface area (Å²) in [5.41, 5.74) is 0. The van der Waals surface area contributed by atoms with Crippen molar-refractivity contribution in [2.75, 3.05) is 19.7 Å². The van der Waals surface area contributed by atoms with Crippen molar-refractivity contribution in [1.82, 2.24) is 10.6 Å². The molecule has 2 fully saturated rings. The highest BCUT2D eigenvalue weighted by atomic mass is 16.5. The van der Waals surface area contributed by atoms with E-state index >= 15 is 0 Å². The van der Waals surface area contributed by atoms with Gasteiger partial charge in [0.05, 0.1) is 6.10 Å². The SMILES string of the molecule is CCOC1CC(NC2CNC2)C1. The zero-order chi connectivity index (χ0) is 8.39. The van der Waals surface area contributed by atoms with Gasteiger partial charge in [0.2, 0.25) is 0 Å². The summed E-state index contributed by atoms with van der Waals surface area (Å²) in [6.07, 6.45) is 2.97. The molecular weight excluding hydrogens is 152 g/mol. The van der Waals surface area contributed by atoms with Gasteiger partial charge in [-0.25, -0.2) is 0 Å². The molecule has 0 atom stereocenters. The van der Waals surface area contributed by atoms with Crippen molar-refractivity contribution < 1.29 is 4.74 Å². The Morgan fingerprint density at radius 1 is 1.33 bits per heavy atom. The Hall–Kier alpha value is -0.120. The summed E-state index contributed by atoms with van der Waals surface area (Å²) in [5.74, 6) is 0. The largest absolute Gasteiger partial charge is 0.378 e. The lowest BCUT2D eigenvalue weighted by molar-refractivity contribution is -0.0138. The van der Waals surface area contributed by atoms with E-state index in [0.717, 1.165) is 31.8 Å². The number of rotatable bonds is 4. The van der Waals surface area contributed by atoms with Crippen molar-refractivity contribution in [2.24, 2.45) is 0 Å². The number of hydrogen-bond donors (Lipinski definition) is 2. The Morgan fingerprint density at radius 3 is 2.58 bits per heavy atom. The predicted molar refractivity (Wildman–Crippen MR) is 48.2 cm³/mol. The van der Waals surface area contributed by atoms with Gasteiger partial charge in [-0.1, -0.05) is 0 Å². The van der Waals surface area contributed by atoms with Crippen LogP contribution >= 0.6 is 0 Å². The highest BCUT2D eigenvalue weighted by molar-refractivity contribution is 4.92. The first-order chi connectivity index (χ1) is 5.88. The summed E-state index contributed by atoms with van der Waals surface area (Å²) in [6.45, 7) is 5.23. The molecule has 1 aliphatic heterocycles. The summed E-state index contributed by atoms with van der Waals surface area (Å²) < 4.78 is 5.49. The molecule has 2 N–H and O–H groups in total. The maximum Gasteiger partial charge on any atom is 0.0604 e. The van der Waals surface area contributed by atoms with E-state index in [4.69, 9.17) is 4.74 Å². The zero-order valence-corrected chi connectivity index (χ0v) is 7.68. The smallest absolute Gasteiger partial charge is 0.0604 e. The van der Waals surface area contributed by atoms with Crippen LogP contribution in [0.5, 0.6) is 0 Å². The molecule has 3 nitrogen and oxygen atoms in total.